The van der Waals surface area contributed by atoms with E-state index in [1.165, 1.54) is 6.20 Å². The fourth-order valence-electron chi connectivity index (χ4n) is 0.820. The summed E-state index contributed by atoms with van der Waals surface area (Å²) in [5, 5.41) is 0. The number of nitrogens with two attached hydrogens (primary N) is 1. The van der Waals surface area contributed by atoms with Crippen LogP contribution in [0, 0.1) is 0 Å². The molecule has 0 fully saturated rings. The third-order valence-corrected chi connectivity index (χ3v) is 1.55. The van der Waals surface area contributed by atoms with Crippen LogP contribution >= 0.6 is 0 Å². The van der Waals surface area contributed by atoms with Crippen molar-refractivity contribution in [2.45, 2.75) is 0 Å². The van der Waals surface area contributed by atoms with Gasteiger partial charge in [-0.05, 0) is 14.1 Å². The quantitative estimate of drug-likeness (QED) is 0.498. The van der Waals surface area contributed by atoms with Gasteiger partial charge in [0.25, 0.3) is 0 Å². The first-order valence-corrected chi connectivity index (χ1v) is 4.28. The smallest absolute Gasteiger partial charge is 0.234 e. The average molecular weight is 197 g/mol. The van der Waals surface area contributed by atoms with E-state index in [1.807, 2.05) is 19.0 Å². The van der Waals surface area contributed by atoms with Crippen molar-refractivity contribution in [3.63, 3.8) is 0 Å². The lowest BCUT2D eigenvalue weighted by molar-refractivity contribution is 0.253. The van der Waals surface area contributed by atoms with E-state index in [1.54, 1.807) is 6.20 Å². The number of rotatable bonds is 5. The summed E-state index contributed by atoms with van der Waals surface area (Å²) in [6.45, 7) is 1.41. The highest BCUT2D eigenvalue weighted by Gasteiger charge is 1.98. The SMILES string of the molecule is CN(C)CCOc1cncc(NN)n1. The van der Waals surface area contributed by atoms with Crippen molar-refractivity contribution in [1.29, 1.82) is 0 Å². The Hall–Kier alpha value is -1.40. The van der Waals surface area contributed by atoms with Crippen molar-refractivity contribution < 1.29 is 4.74 Å². The molecule has 0 aliphatic carbocycles. The second-order valence-corrected chi connectivity index (χ2v) is 3.04. The molecule has 0 aliphatic heterocycles. The molecule has 0 unspecified atom stereocenters. The first-order valence-electron chi connectivity index (χ1n) is 4.28. The standard InChI is InChI=1S/C8H15N5O/c1-13(2)3-4-14-8-6-10-5-7(11-8)12-9/h5-6H,3-4,9H2,1-2H3,(H,11,12). The normalized spacial score (nSPS) is 10.3. The molecular formula is C8H15N5O. The molecule has 0 atom stereocenters. The van der Waals surface area contributed by atoms with E-state index in [0.29, 0.717) is 18.3 Å². The molecule has 6 heteroatoms. The highest BCUT2D eigenvalue weighted by Crippen LogP contribution is 2.07. The van der Waals surface area contributed by atoms with Crippen molar-refractivity contribution in [1.82, 2.24) is 14.9 Å². The summed E-state index contributed by atoms with van der Waals surface area (Å²) in [6.07, 6.45) is 3.08. The number of ether oxygens (including phenoxy) is 1. The summed E-state index contributed by atoms with van der Waals surface area (Å²) >= 11 is 0. The second kappa shape index (κ2) is 5.36. The number of hydrazine groups is 1. The van der Waals surface area contributed by atoms with Gasteiger partial charge in [-0.15, -0.1) is 0 Å². The van der Waals surface area contributed by atoms with Crippen LogP contribution in [0.3, 0.4) is 0 Å². The minimum atomic E-state index is 0.474. The molecule has 0 spiro atoms. The number of hydrogen-bond donors (Lipinski definition) is 2. The van der Waals surface area contributed by atoms with Gasteiger partial charge in [-0.2, -0.15) is 4.98 Å². The minimum Gasteiger partial charge on any atom is -0.475 e. The van der Waals surface area contributed by atoms with Crippen molar-refractivity contribution in [2.75, 3.05) is 32.7 Å². The lowest BCUT2D eigenvalue weighted by Crippen LogP contribution is -2.20. The highest BCUT2D eigenvalue weighted by atomic mass is 16.5. The third-order valence-electron chi connectivity index (χ3n) is 1.55. The predicted molar refractivity (Wildman–Crippen MR) is 53.9 cm³/mol. The Morgan fingerprint density at radius 2 is 2.29 bits per heavy atom. The van der Waals surface area contributed by atoms with Gasteiger partial charge in [0.1, 0.15) is 6.61 Å². The maximum atomic E-state index is 5.35. The van der Waals surface area contributed by atoms with Crippen LogP contribution < -0.4 is 16.0 Å². The summed E-state index contributed by atoms with van der Waals surface area (Å²) in [7, 11) is 3.96. The van der Waals surface area contributed by atoms with E-state index in [9.17, 15) is 0 Å². The number of anilines is 1. The molecule has 0 saturated carbocycles. The molecule has 3 N–H and O–H groups in total. The maximum absolute atomic E-state index is 5.35. The summed E-state index contributed by atoms with van der Waals surface area (Å²) in [5.74, 6) is 6.15. The van der Waals surface area contributed by atoms with Gasteiger partial charge >= 0.3 is 0 Å². The number of nitrogens with one attached hydrogen (secondary N) is 1. The van der Waals surface area contributed by atoms with E-state index >= 15 is 0 Å². The Bertz CT molecular complexity index is 278. The molecule has 78 valence electrons. The molecule has 14 heavy (non-hydrogen) atoms. The van der Waals surface area contributed by atoms with Crippen molar-refractivity contribution >= 4 is 5.82 Å². The molecule has 0 amide bonds. The van der Waals surface area contributed by atoms with Gasteiger partial charge in [0.15, 0.2) is 5.82 Å². The monoisotopic (exact) mass is 197 g/mol. The molecule has 0 aliphatic rings. The molecular weight excluding hydrogens is 182 g/mol. The Kier molecular flexibility index (Phi) is 4.09. The minimum absolute atomic E-state index is 0.474. The van der Waals surface area contributed by atoms with Gasteiger partial charge in [-0.3, -0.25) is 4.98 Å². The van der Waals surface area contributed by atoms with E-state index < -0.39 is 0 Å². The fourth-order valence-corrected chi connectivity index (χ4v) is 0.820. The first-order chi connectivity index (χ1) is 6.72. The Morgan fingerprint density at radius 1 is 1.50 bits per heavy atom. The molecule has 1 aromatic heterocycles. The molecule has 6 nitrogen and oxygen atoms in total. The summed E-state index contributed by atoms with van der Waals surface area (Å²) < 4.78 is 5.35. The summed E-state index contributed by atoms with van der Waals surface area (Å²) in [5.41, 5.74) is 2.40. The van der Waals surface area contributed by atoms with Crippen LogP contribution in [0.25, 0.3) is 0 Å². The van der Waals surface area contributed by atoms with Crippen LogP contribution in [-0.4, -0.2) is 42.1 Å². The molecule has 0 radical (unpaired) electrons. The second-order valence-electron chi connectivity index (χ2n) is 3.04. The van der Waals surface area contributed by atoms with Crippen LogP contribution in [0.5, 0.6) is 5.88 Å². The zero-order valence-electron chi connectivity index (χ0n) is 8.40. The number of likely N-dealkylation sites (N-methyl/N-ethyl adjacent to an activating group) is 1. The van der Waals surface area contributed by atoms with Crippen LogP contribution in [-0.2, 0) is 0 Å². The fraction of sp³-hybridized carbons (Fsp3) is 0.500. The van der Waals surface area contributed by atoms with Crippen LogP contribution in [0.4, 0.5) is 5.82 Å². The van der Waals surface area contributed by atoms with Gasteiger partial charge in [0, 0.05) is 6.54 Å². The van der Waals surface area contributed by atoms with E-state index in [-0.39, 0.29) is 0 Å². The maximum Gasteiger partial charge on any atom is 0.234 e. The van der Waals surface area contributed by atoms with Crippen LogP contribution in [0.15, 0.2) is 12.4 Å². The average Bonchev–Trinajstić information content (AvgIpc) is 2.18. The molecule has 1 rings (SSSR count). The zero-order chi connectivity index (χ0) is 10.4. The largest absolute Gasteiger partial charge is 0.475 e. The van der Waals surface area contributed by atoms with Gasteiger partial charge < -0.3 is 15.1 Å². The first kappa shape index (κ1) is 10.7. The molecule has 0 saturated heterocycles. The van der Waals surface area contributed by atoms with Crippen LogP contribution in [0.1, 0.15) is 0 Å². The summed E-state index contributed by atoms with van der Waals surface area (Å²) in [4.78, 5) is 9.98. The van der Waals surface area contributed by atoms with Gasteiger partial charge in [-0.25, -0.2) is 5.84 Å². The summed E-state index contributed by atoms with van der Waals surface area (Å²) in [6, 6.07) is 0. The van der Waals surface area contributed by atoms with E-state index in [4.69, 9.17) is 10.6 Å². The Balaban J connectivity index is 2.42. The topological polar surface area (TPSA) is 76.3 Å². The van der Waals surface area contributed by atoms with Crippen molar-refractivity contribution in [3.8, 4) is 5.88 Å². The van der Waals surface area contributed by atoms with Gasteiger partial charge in [-0.1, -0.05) is 0 Å². The number of nitrogens with zero attached hydrogens (tertiary/aromatic N) is 3. The van der Waals surface area contributed by atoms with Crippen molar-refractivity contribution in [3.05, 3.63) is 12.4 Å². The molecule has 1 heterocycles. The van der Waals surface area contributed by atoms with Crippen LogP contribution in [0.2, 0.25) is 0 Å². The van der Waals surface area contributed by atoms with E-state index in [2.05, 4.69) is 15.4 Å². The van der Waals surface area contributed by atoms with Gasteiger partial charge in [0.2, 0.25) is 5.88 Å². The lowest BCUT2D eigenvalue weighted by atomic mass is 10.6. The highest BCUT2D eigenvalue weighted by molar-refractivity contribution is 5.31. The Labute approximate surface area is 83.1 Å². The Morgan fingerprint density at radius 3 is 2.93 bits per heavy atom. The predicted octanol–water partition coefficient (Wildman–Crippen LogP) is -0.297. The van der Waals surface area contributed by atoms with Crippen molar-refractivity contribution in [2.24, 2.45) is 5.84 Å². The van der Waals surface area contributed by atoms with E-state index in [0.717, 1.165) is 6.54 Å². The zero-order valence-corrected chi connectivity index (χ0v) is 8.40. The third kappa shape index (κ3) is 3.55. The molecule has 1 aromatic rings. The molecule has 0 bridgehead atoms. The molecule has 0 aromatic carbocycles. The number of hydrogen-bond acceptors (Lipinski definition) is 6. The number of nitrogen functional groups attached to an aromatic ring is 1. The lowest BCUT2D eigenvalue weighted by Gasteiger charge is -2.10. The number of aromatic nitrogens is 2. The van der Waals surface area contributed by atoms with Gasteiger partial charge in [0.05, 0.1) is 12.4 Å².